The second-order valence-corrected chi connectivity index (χ2v) is 7.13. The van der Waals surface area contributed by atoms with Crippen molar-refractivity contribution in [2.24, 2.45) is 0 Å². The third kappa shape index (κ3) is 5.38. The van der Waals surface area contributed by atoms with Gasteiger partial charge in [0.05, 0.1) is 5.56 Å². The van der Waals surface area contributed by atoms with E-state index >= 15 is 0 Å². The summed E-state index contributed by atoms with van der Waals surface area (Å²) < 4.78 is 6.05. The maximum absolute atomic E-state index is 11.0. The molecule has 0 aliphatic rings. The lowest BCUT2D eigenvalue weighted by molar-refractivity contribution is 0.0697. The van der Waals surface area contributed by atoms with Crippen LogP contribution in [0.3, 0.4) is 0 Å². The number of aryl methyl sites for hydroxylation is 2. The summed E-state index contributed by atoms with van der Waals surface area (Å²) in [6.45, 7) is 0.414. The predicted octanol–water partition coefficient (Wildman–Crippen LogP) is 5.47. The molecule has 3 nitrogen and oxygen atoms in total. The highest BCUT2D eigenvalue weighted by molar-refractivity contribution is 7.98. The van der Waals surface area contributed by atoms with Crippen molar-refractivity contribution >= 4 is 17.7 Å². The van der Waals surface area contributed by atoms with Gasteiger partial charge < -0.3 is 9.84 Å². The third-order valence-corrected chi connectivity index (χ3v) is 5.11. The van der Waals surface area contributed by atoms with Crippen LogP contribution >= 0.6 is 11.8 Å². The molecule has 1 N–H and O–H groups in total. The lowest BCUT2D eigenvalue weighted by Gasteiger charge is -2.13. The van der Waals surface area contributed by atoms with Gasteiger partial charge in [0, 0.05) is 4.90 Å². The van der Waals surface area contributed by atoms with Gasteiger partial charge in [-0.15, -0.1) is 11.8 Å². The summed E-state index contributed by atoms with van der Waals surface area (Å²) in [6.07, 6.45) is 3.94. The van der Waals surface area contributed by atoms with Gasteiger partial charge in [-0.2, -0.15) is 0 Å². The first-order chi connectivity index (χ1) is 13.2. The van der Waals surface area contributed by atoms with E-state index in [0.717, 1.165) is 24.2 Å². The second-order valence-electron chi connectivity index (χ2n) is 6.25. The zero-order valence-corrected chi connectivity index (χ0v) is 16.0. The van der Waals surface area contributed by atoms with Crippen LogP contribution in [0.5, 0.6) is 5.75 Å². The molecule has 3 aromatic rings. The molecular weight excluding hydrogens is 356 g/mol. The topological polar surface area (TPSA) is 46.5 Å². The number of rotatable bonds is 8. The lowest BCUT2D eigenvalue weighted by Crippen LogP contribution is -2.01. The number of carboxylic acids is 1. The summed E-state index contributed by atoms with van der Waals surface area (Å²) in [5, 5.41) is 8.99. The summed E-state index contributed by atoms with van der Waals surface area (Å²) in [7, 11) is 0. The van der Waals surface area contributed by atoms with Gasteiger partial charge in [0.1, 0.15) is 12.4 Å². The first-order valence-electron chi connectivity index (χ1n) is 8.81. The highest BCUT2D eigenvalue weighted by atomic mass is 32.2. The fourth-order valence-corrected chi connectivity index (χ4v) is 3.31. The van der Waals surface area contributed by atoms with E-state index in [1.54, 1.807) is 36.0 Å². The van der Waals surface area contributed by atoms with Gasteiger partial charge in [0.15, 0.2) is 0 Å². The molecule has 0 heterocycles. The van der Waals surface area contributed by atoms with Crippen LogP contribution in [-0.2, 0) is 19.4 Å². The molecule has 27 heavy (non-hydrogen) atoms. The zero-order chi connectivity index (χ0) is 19.1. The quantitative estimate of drug-likeness (QED) is 0.528. The molecule has 0 spiro atoms. The van der Waals surface area contributed by atoms with Gasteiger partial charge in [-0.1, -0.05) is 42.5 Å². The van der Waals surface area contributed by atoms with E-state index in [2.05, 4.69) is 42.7 Å². The molecule has 0 aliphatic carbocycles. The molecule has 138 valence electrons. The number of ether oxygens (including phenoxy) is 1. The van der Waals surface area contributed by atoms with Crippen LogP contribution < -0.4 is 4.74 Å². The maximum Gasteiger partial charge on any atom is 0.335 e. The number of hydrogen-bond donors (Lipinski definition) is 1. The Kier molecular flexibility index (Phi) is 6.55. The molecule has 0 fully saturated rings. The van der Waals surface area contributed by atoms with Gasteiger partial charge >= 0.3 is 5.97 Å². The van der Waals surface area contributed by atoms with E-state index < -0.39 is 5.97 Å². The zero-order valence-electron chi connectivity index (χ0n) is 15.2. The standard InChI is InChI=1S/C23H22O3S/c1-27-21-13-14-22(20(15-21)12-7-17-5-3-2-4-6-17)26-16-18-8-10-19(11-9-18)23(24)25/h2-6,8-11,13-15H,7,12,16H2,1H3,(H,24,25). The van der Waals surface area contributed by atoms with Crippen LogP contribution in [-0.4, -0.2) is 17.3 Å². The number of aromatic carboxylic acids is 1. The maximum atomic E-state index is 11.0. The van der Waals surface area contributed by atoms with Gasteiger partial charge in [0.2, 0.25) is 0 Å². The highest BCUT2D eigenvalue weighted by Crippen LogP contribution is 2.27. The van der Waals surface area contributed by atoms with Gasteiger partial charge in [-0.25, -0.2) is 4.79 Å². The number of carboxylic acid groups (broad SMARTS) is 1. The summed E-state index contributed by atoms with van der Waals surface area (Å²) in [4.78, 5) is 12.2. The molecule has 0 saturated carbocycles. The van der Waals surface area contributed by atoms with Crippen molar-refractivity contribution in [1.82, 2.24) is 0 Å². The Bertz CT molecular complexity index is 889. The molecule has 3 aromatic carbocycles. The molecule has 4 heteroatoms. The van der Waals surface area contributed by atoms with Crippen molar-refractivity contribution in [3.05, 3.63) is 95.1 Å². The Morgan fingerprint density at radius 2 is 1.67 bits per heavy atom. The molecule has 0 atom stereocenters. The Labute approximate surface area is 164 Å². The van der Waals surface area contributed by atoms with Crippen LogP contribution in [0.4, 0.5) is 0 Å². The minimum absolute atomic E-state index is 0.284. The number of thioether (sulfide) groups is 1. The minimum atomic E-state index is -0.918. The van der Waals surface area contributed by atoms with Gasteiger partial charge in [0.25, 0.3) is 0 Å². The molecule has 0 amide bonds. The predicted molar refractivity (Wildman–Crippen MR) is 110 cm³/mol. The van der Waals surface area contributed by atoms with Gasteiger partial charge in [-0.3, -0.25) is 0 Å². The van der Waals surface area contributed by atoms with Crippen LogP contribution in [0.2, 0.25) is 0 Å². The van der Waals surface area contributed by atoms with Crippen LogP contribution in [0.1, 0.15) is 27.0 Å². The number of carbonyl (C=O) groups is 1. The van der Waals surface area contributed by atoms with Crippen molar-refractivity contribution in [2.75, 3.05) is 6.26 Å². The second kappa shape index (κ2) is 9.28. The molecule has 0 unspecified atom stereocenters. The van der Waals surface area contributed by atoms with Crippen LogP contribution in [0.15, 0.2) is 77.7 Å². The lowest BCUT2D eigenvalue weighted by atomic mass is 10.0. The SMILES string of the molecule is CSc1ccc(OCc2ccc(C(=O)O)cc2)c(CCc2ccccc2)c1. The first-order valence-corrected chi connectivity index (χ1v) is 10.0. The third-order valence-electron chi connectivity index (χ3n) is 4.39. The van der Waals surface area contributed by atoms with Crippen molar-refractivity contribution < 1.29 is 14.6 Å². The van der Waals surface area contributed by atoms with E-state index in [-0.39, 0.29) is 5.56 Å². The van der Waals surface area contributed by atoms with E-state index in [0.29, 0.717) is 6.61 Å². The fourth-order valence-electron chi connectivity index (χ4n) is 2.85. The van der Waals surface area contributed by atoms with E-state index in [4.69, 9.17) is 9.84 Å². The molecule has 0 radical (unpaired) electrons. The van der Waals surface area contributed by atoms with Crippen molar-refractivity contribution in [2.45, 2.75) is 24.3 Å². The van der Waals surface area contributed by atoms with E-state index in [9.17, 15) is 4.79 Å². The molecule has 0 bridgehead atoms. The molecule has 3 rings (SSSR count). The Morgan fingerprint density at radius 3 is 2.33 bits per heavy atom. The monoisotopic (exact) mass is 378 g/mol. The molecule has 0 saturated heterocycles. The van der Waals surface area contributed by atoms with Crippen LogP contribution in [0.25, 0.3) is 0 Å². The molecular formula is C23H22O3S. The van der Waals surface area contributed by atoms with Crippen molar-refractivity contribution in [3.8, 4) is 5.75 Å². The Balaban J connectivity index is 1.70. The Morgan fingerprint density at radius 1 is 0.926 bits per heavy atom. The minimum Gasteiger partial charge on any atom is -0.489 e. The summed E-state index contributed by atoms with van der Waals surface area (Å²) >= 11 is 1.72. The van der Waals surface area contributed by atoms with E-state index in [1.165, 1.54) is 16.0 Å². The molecule has 0 aromatic heterocycles. The average Bonchev–Trinajstić information content (AvgIpc) is 2.72. The summed E-state index contributed by atoms with van der Waals surface area (Å²) in [6, 6.07) is 23.5. The van der Waals surface area contributed by atoms with Crippen LogP contribution in [0, 0.1) is 0 Å². The summed E-state index contributed by atoms with van der Waals surface area (Å²) in [5.74, 6) is -0.0376. The van der Waals surface area contributed by atoms with Crippen molar-refractivity contribution in [3.63, 3.8) is 0 Å². The highest BCUT2D eigenvalue weighted by Gasteiger charge is 2.08. The smallest absolute Gasteiger partial charge is 0.335 e. The Hall–Kier alpha value is -2.72. The first kappa shape index (κ1) is 19.1. The van der Waals surface area contributed by atoms with E-state index in [1.807, 2.05) is 12.1 Å². The number of benzene rings is 3. The fraction of sp³-hybridized carbons (Fsp3) is 0.174. The van der Waals surface area contributed by atoms with Crippen molar-refractivity contribution in [1.29, 1.82) is 0 Å². The number of hydrogen-bond acceptors (Lipinski definition) is 3. The van der Waals surface area contributed by atoms with Gasteiger partial charge in [-0.05, 0) is 66.1 Å². The average molecular weight is 378 g/mol. The summed E-state index contributed by atoms with van der Waals surface area (Å²) in [5.41, 5.74) is 3.73. The molecule has 0 aliphatic heterocycles. The normalized spacial score (nSPS) is 10.6. The largest absolute Gasteiger partial charge is 0.489 e.